The lowest BCUT2D eigenvalue weighted by atomic mass is 9.94. The van der Waals surface area contributed by atoms with Crippen LogP contribution in [0.2, 0.25) is 0 Å². The fourth-order valence-corrected chi connectivity index (χ4v) is 4.88. The Morgan fingerprint density at radius 3 is 2.72 bits per heavy atom. The molecule has 0 aliphatic carbocycles. The van der Waals surface area contributed by atoms with Crippen LogP contribution >= 0.6 is 0 Å². The third kappa shape index (κ3) is 7.49. The average Bonchev–Trinajstić information content (AvgIpc) is 2.83. The Morgan fingerprint density at radius 2 is 1.94 bits per heavy atom. The van der Waals surface area contributed by atoms with E-state index in [2.05, 4.69) is 10.3 Å². The minimum atomic E-state index is -4.41. The van der Waals surface area contributed by atoms with Crippen molar-refractivity contribution in [1.82, 2.24) is 15.2 Å². The zero-order valence-electron chi connectivity index (χ0n) is 20.0. The van der Waals surface area contributed by atoms with E-state index in [1.54, 1.807) is 18.5 Å². The molecule has 0 saturated carbocycles. The lowest BCUT2D eigenvalue weighted by molar-refractivity contribution is -0.158. The predicted molar refractivity (Wildman–Crippen MR) is 126 cm³/mol. The van der Waals surface area contributed by atoms with Crippen LogP contribution in [-0.2, 0) is 33.4 Å². The molecule has 1 amide bonds. The Morgan fingerprint density at radius 1 is 1.14 bits per heavy atom. The number of aliphatic hydroxyl groups excluding tert-OH is 1. The molecule has 2 aliphatic rings. The van der Waals surface area contributed by atoms with Crippen LogP contribution in [0.25, 0.3) is 0 Å². The van der Waals surface area contributed by atoms with Crippen molar-refractivity contribution in [2.75, 3.05) is 26.3 Å². The van der Waals surface area contributed by atoms with Gasteiger partial charge >= 0.3 is 6.18 Å². The van der Waals surface area contributed by atoms with E-state index in [9.17, 15) is 23.1 Å². The van der Waals surface area contributed by atoms with Gasteiger partial charge < -0.3 is 19.9 Å². The number of pyridine rings is 1. The van der Waals surface area contributed by atoms with Crippen LogP contribution in [0.3, 0.4) is 0 Å². The van der Waals surface area contributed by atoms with E-state index in [-0.39, 0.29) is 56.9 Å². The van der Waals surface area contributed by atoms with Crippen molar-refractivity contribution in [2.24, 2.45) is 0 Å². The highest BCUT2D eigenvalue weighted by atomic mass is 19.4. The summed E-state index contributed by atoms with van der Waals surface area (Å²) in [6.07, 6.45) is -0.0692. The number of hydrogen-bond acceptors (Lipinski definition) is 6. The van der Waals surface area contributed by atoms with Crippen LogP contribution in [0.15, 0.2) is 48.8 Å². The molecule has 4 rings (SSSR count). The maximum atomic E-state index is 13.2. The van der Waals surface area contributed by atoms with Crippen LogP contribution < -0.4 is 5.32 Å². The van der Waals surface area contributed by atoms with Gasteiger partial charge in [-0.1, -0.05) is 18.2 Å². The fraction of sp³-hybridized carbons (Fsp3) is 0.538. The number of rotatable bonds is 7. The summed E-state index contributed by atoms with van der Waals surface area (Å²) in [7, 11) is 0. The number of amides is 1. The largest absolute Gasteiger partial charge is 0.416 e. The van der Waals surface area contributed by atoms with Crippen LogP contribution in [0.1, 0.15) is 36.0 Å². The number of ether oxygens (including phenoxy) is 2. The highest BCUT2D eigenvalue weighted by Gasteiger charge is 2.38. The molecule has 4 atom stereocenters. The van der Waals surface area contributed by atoms with Crippen LogP contribution in [-0.4, -0.2) is 71.6 Å². The van der Waals surface area contributed by atoms with Gasteiger partial charge in [-0.15, -0.1) is 0 Å². The van der Waals surface area contributed by atoms with Gasteiger partial charge in [0, 0.05) is 38.1 Å². The predicted octanol–water partition coefficient (Wildman–Crippen LogP) is 2.96. The fourth-order valence-electron chi connectivity index (χ4n) is 4.88. The van der Waals surface area contributed by atoms with Crippen molar-refractivity contribution in [3.63, 3.8) is 0 Å². The lowest BCUT2D eigenvalue weighted by Gasteiger charge is -2.44. The molecule has 0 unspecified atom stereocenters. The lowest BCUT2D eigenvalue weighted by Crippen LogP contribution is -2.55. The van der Waals surface area contributed by atoms with E-state index < -0.39 is 17.8 Å². The molecule has 0 spiro atoms. The molecule has 2 aromatic rings. The van der Waals surface area contributed by atoms with Gasteiger partial charge in [0.05, 0.1) is 43.5 Å². The van der Waals surface area contributed by atoms with Gasteiger partial charge in [0.25, 0.3) is 0 Å². The Hall–Kier alpha value is -2.53. The van der Waals surface area contributed by atoms with Gasteiger partial charge in [-0.3, -0.25) is 14.7 Å². The topological polar surface area (TPSA) is 83.9 Å². The van der Waals surface area contributed by atoms with Crippen LogP contribution in [0.5, 0.6) is 0 Å². The Bertz CT molecular complexity index is 992. The first kappa shape index (κ1) is 26.5. The minimum Gasteiger partial charge on any atom is -0.389 e. The monoisotopic (exact) mass is 507 g/mol. The highest BCUT2D eigenvalue weighted by Crippen LogP contribution is 2.32. The molecule has 2 fully saturated rings. The molecule has 2 saturated heterocycles. The normalized spacial score (nSPS) is 25.4. The SMILES string of the molecule is O=C(C[C@H]1CC[C@@H]2[C@H](COC[C@H](O)CN2Cc2cccc(C(F)(F)F)c2)O1)NCCc1ccncc1. The number of carbonyl (C=O) groups excluding carboxylic acids is 1. The molecule has 2 aliphatic heterocycles. The number of alkyl halides is 3. The van der Waals surface area contributed by atoms with Crippen molar-refractivity contribution < 1.29 is 32.5 Å². The first-order valence-corrected chi connectivity index (χ1v) is 12.2. The Labute approximate surface area is 208 Å². The van der Waals surface area contributed by atoms with E-state index >= 15 is 0 Å². The molecule has 0 bridgehead atoms. The van der Waals surface area contributed by atoms with Gasteiger partial charge in [0.2, 0.25) is 5.91 Å². The molecule has 0 radical (unpaired) electrons. The maximum Gasteiger partial charge on any atom is 0.416 e. The summed E-state index contributed by atoms with van der Waals surface area (Å²) < 4.78 is 51.4. The number of hydrogen-bond donors (Lipinski definition) is 2. The second-order valence-corrected chi connectivity index (χ2v) is 9.42. The molecular formula is C26H32F3N3O4. The van der Waals surface area contributed by atoms with Crippen molar-refractivity contribution in [3.05, 3.63) is 65.5 Å². The summed E-state index contributed by atoms with van der Waals surface area (Å²) in [5, 5.41) is 13.3. The summed E-state index contributed by atoms with van der Waals surface area (Å²) in [5.74, 6) is -0.0875. The van der Waals surface area contributed by atoms with Crippen molar-refractivity contribution >= 4 is 5.91 Å². The number of aromatic nitrogens is 1. The number of halogens is 3. The number of aliphatic hydroxyl groups is 1. The first-order chi connectivity index (χ1) is 17.3. The first-order valence-electron chi connectivity index (χ1n) is 12.2. The number of nitrogens with one attached hydrogen (secondary N) is 1. The van der Waals surface area contributed by atoms with Gasteiger partial charge in [-0.05, 0) is 48.6 Å². The minimum absolute atomic E-state index is 0.0875. The zero-order valence-corrected chi connectivity index (χ0v) is 20.0. The molecule has 7 nitrogen and oxygen atoms in total. The van der Waals surface area contributed by atoms with Gasteiger partial charge in [-0.25, -0.2) is 0 Å². The molecule has 3 heterocycles. The van der Waals surface area contributed by atoms with Crippen molar-refractivity contribution in [2.45, 2.75) is 62.8 Å². The molecule has 10 heteroatoms. The van der Waals surface area contributed by atoms with E-state index in [0.717, 1.165) is 17.7 Å². The number of nitrogens with zero attached hydrogens (tertiary/aromatic N) is 2. The number of β-amino-alcohol motifs (C(OH)–C–C–N with tert-alkyl or cyclic N) is 1. The molecule has 1 aromatic heterocycles. The van der Waals surface area contributed by atoms with E-state index in [4.69, 9.17) is 9.47 Å². The summed E-state index contributed by atoms with van der Waals surface area (Å²) in [4.78, 5) is 18.4. The number of benzene rings is 1. The van der Waals surface area contributed by atoms with E-state index in [1.807, 2.05) is 17.0 Å². The molecule has 2 N–H and O–H groups in total. The van der Waals surface area contributed by atoms with Gasteiger partial charge in [0.1, 0.15) is 0 Å². The Balaban J connectivity index is 1.34. The molecule has 196 valence electrons. The van der Waals surface area contributed by atoms with E-state index in [0.29, 0.717) is 31.4 Å². The molecular weight excluding hydrogens is 475 g/mol. The number of fused-ring (bicyclic) bond motifs is 1. The van der Waals surface area contributed by atoms with Gasteiger partial charge in [-0.2, -0.15) is 13.2 Å². The Kier molecular flexibility index (Phi) is 8.95. The van der Waals surface area contributed by atoms with Gasteiger partial charge in [0.15, 0.2) is 0 Å². The number of carbonyl (C=O) groups is 1. The highest BCUT2D eigenvalue weighted by molar-refractivity contribution is 5.76. The van der Waals surface area contributed by atoms with E-state index in [1.165, 1.54) is 6.07 Å². The third-order valence-corrected chi connectivity index (χ3v) is 6.63. The molecule has 36 heavy (non-hydrogen) atoms. The second kappa shape index (κ2) is 12.1. The standard InChI is InChI=1S/C26H32F3N3O4/c27-26(28,29)20-3-1-2-19(12-20)14-32-15-21(33)16-35-17-24-23(32)5-4-22(36-24)13-25(34)31-11-8-18-6-9-30-10-7-18/h1-3,6-7,9-10,12,21-24,33H,4-5,8,11,13-17H2,(H,31,34)/t21-,22-,23-,24+/m1/s1. The summed E-state index contributed by atoms with van der Waals surface area (Å²) >= 11 is 0. The van der Waals surface area contributed by atoms with Crippen LogP contribution in [0.4, 0.5) is 13.2 Å². The van der Waals surface area contributed by atoms with Crippen LogP contribution in [0, 0.1) is 0 Å². The second-order valence-electron chi connectivity index (χ2n) is 9.42. The summed E-state index contributed by atoms with van der Waals surface area (Å²) in [5.41, 5.74) is 0.923. The maximum absolute atomic E-state index is 13.2. The van der Waals surface area contributed by atoms with Crippen molar-refractivity contribution in [3.8, 4) is 0 Å². The average molecular weight is 508 g/mol. The zero-order chi connectivity index (χ0) is 25.5. The summed E-state index contributed by atoms with van der Waals surface area (Å²) in [6.45, 7) is 1.41. The quantitative estimate of drug-likeness (QED) is 0.600. The molecule has 1 aromatic carbocycles. The van der Waals surface area contributed by atoms with Crippen molar-refractivity contribution in [1.29, 1.82) is 0 Å². The third-order valence-electron chi connectivity index (χ3n) is 6.63. The smallest absolute Gasteiger partial charge is 0.389 e. The summed E-state index contributed by atoms with van der Waals surface area (Å²) in [6, 6.07) is 8.95.